The Morgan fingerprint density at radius 2 is 2.29 bits per heavy atom. The van der Waals surface area contributed by atoms with E-state index in [0.29, 0.717) is 6.04 Å². The summed E-state index contributed by atoms with van der Waals surface area (Å²) in [7, 11) is 0. The topological polar surface area (TPSA) is 21.3 Å². The maximum Gasteiger partial charge on any atom is 0.122 e. The second-order valence-electron chi connectivity index (χ2n) is 5.39. The van der Waals surface area contributed by atoms with Crippen molar-refractivity contribution in [2.45, 2.75) is 38.6 Å². The molecule has 1 N–H and O–H groups in total. The van der Waals surface area contributed by atoms with Crippen LogP contribution in [0.2, 0.25) is 0 Å². The van der Waals surface area contributed by atoms with Gasteiger partial charge in [0.1, 0.15) is 5.75 Å². The lowest BCUT2D eigenvalue weighted by Crippen LogP contribution is -2.29. The Balaban J connectivity index is 1.62. The minimum absolute atomic E-state index is 0.460. The second-order valence-corrected chi connectivity index (χ2v) is 5.39. The van der Waals surface area contributed by atoms with E-state index < -0.39 is 0 Å². The number of fused-ring (bicyclic) bond motifs is 1. The molecule has 1 saturated carbocycles. The van der Waals surface area contributed by atoms with Crippen LogP contribution in [0.5, 0.6) is 5.75 Å². The summed E-state index contributed by atoms with van der Waals surface area (Å²) < 4.78 is 5.54. The van der Waals surface area contributed by atoms with Gasteiger partial charge in [0.2, 0.25) is 0 Å². The van der Waals surface area contributed by atoms with Gasteiger partial charge in [0.15, 0.2) is 0 Å². The molecule has 3 rings (SSSR count). The van der Waals surface area contributed by atoms with E-state index in [1.807, 2.05) is 0 Å². The fourth-order valence-electron chi connectivity index (χ4n) is 2.63. The smallest absolute Gasteiger partial charge is 0.122 e. The van der Waals surface area contributed by atoms with Gasteiger partial charge in [-0.05, 0) is 49.4 Å². The lowest BCUT2D eigenvalue weighted by molar-refractivity contribution is 0.292. The van der Waals surface area contributed by atoms with E-state index in [2.05, 4.69) is 30.4 Å². The number of hydrogen-bond donors (Lipinski definition) is 1. The Bertz CT molecular complexity index is 398. The van der Waals surface area contributed by atoms with Crippen LogP contribution < -0.4 is 10.1 Å². The van der Waals surface area contributed by atoms with E-state index in [9.17, 15) is 0 Å². The molecule has 1 aromatic carbocycles. The number of benzene rings is 1. The highest BCUT2D eigenvalue weighted by atomic mass is 16.5. The highest BCUT2D eigenvalue weighted by molar-refractivity contribution is 5.40. The molecule has 0 radical (unpaired) electrons. The van der Waals surface area contributed by atoms with Gasteiger partial charge in [0.25, 0.3) is 0 Å². The first-order valence-corrected chi connectivity index (χ1v) is 6.82. The molecule has 2 nitrogen and oxygen atoms in total. The molecular formula is C15H21NO. The summed E-state index contributed by atoms with van der Waals surface area (Å²) in [6.07, 6.45) is 5.32. The standard InChI is InChI=1S/C15H21NO/c1-11(16-10-12-3-2-4-12)13-5-6-15-14(9-13)7-8-17-15/h5-6,9,11-12,16H,2-4,7-8,10H2,1H3. The molecule has 92 valence electrons. The molecule has 0 spiro atoms. The van der Waals surface area contributed by atoms with Crippen LogP contribution in [0.3, 0.4) is 0 Å². The molecule has 0 bridgehead atoms. The summed E-state index contributed by atoms with van der Waals surface area (Å²) in [6.45, 7) is 4.29. The lowest BCUT2D eigenvalue weighted by Gasteiger charge is -2.27. The molecule has 1 aliphatic heterocycles. The molecule has 1 unspecified atom stereocenters. The molecule has 0 saturated heterocycles. The van der Waals surface area contributed by atoms with E-state index in [-0.39, 0.29) is 0 Å². The summed E-state index contributed by atoms with van der Waals surface area (Å²) in [6, 6.07) is 7.09. The normalized spacial score (nSPS) is 20.5. The first-order valence-electron chi connectivity index (χ1n) is 6.82. The molecule has 2 aliphatic rings. The van der Waals surface area contributed by atoms with Gasteiger partial charge in [-0.25, -0.2) is 0 Å². The molecular weight excluding hydrogens is 210 g/mol. The Hall–Kier alpha value is -1.02. The molecule has 1 aromatic rings. The molecule has 2 heteroatoms. The summed E-state index contributed by atoms with van der Waals surface area (Å²) in [5, 5.41) is 3.65. The van der Waals surface area contributed by atoms with Gasteiger partial charge in [-0.2, -0.15) is 0 Å². The van der Waals surface area contributed by atoms with Crippen molar-refractivity contribution >= 4 is 0 Å². The average molecular weight is 231 g/mol. The van der Waals surface area contributed by atoms with E-state index in [1.165, 1.54) is 36.9 Å². The van der Waals surface area contributed by atoms with Crippen molar-refractivity contribution in [3.05, 3.63) is 29.3 Å². The van der Waals surface area contributed by atoms with Gasteiger partial charge in [0.05, 0.1) is 6.61 Å². The highest BCUT2D eigenvalue weighted by Gasteiger charge is 2.19. The first-order chi connectivity index (χ1) is 8.33. The van der Waals surface area contributed by atoms with Crippen molar-refractivity contribution in [3.63, 3.8) is 0 Å². The van der Waals surface area contributed by atoms with Crippen molar-refractivity contribution < 1.29 is 4.74 Å². The van der Waals surface area contributed by atoms with Gasteiger partial charge < -0.3 is 10.1 Å². The number of ether oxygens (including phenoxy) is 1. The highest BCUT2D eigenvalue weighted by Crippen LogP contribution is 2.29. The van der Waals surface area contributed by atoms with E-state index in [0.717, 1.165) is 24.7 Å². The van der Waals surface area contributed by atoms with Gasteiger partial charge in [-0.3, -0.25) is 0 Å². The predicted molar refractivity (Wildman–Crippen MR) is 69.4 cm³/mol. The van der Waals surface area contributed by atoms with Crippen LogP contribution in [-0.2, 0) is 6.42 Å². The van der Waals surface area contributed by atoms with Crippen LogP contribution in [0.15, 0.2) is 18.2 Å². The van der Waals surface area contributed by atoms with Crippen LogP contribution in [0.25, 0.3) is 0 Å². The molecule has 1 heterocycles. The van der Waals surface area contributed by atoms with Gasteiger partial charge in [-0.1, -0.05) is 18.6 Å². The number of hydrogen-bond acceptors (Lipinski definition) is 2. The third-order valence-corrected chi connectivity index (χ3v) is 4.15. The van der Waals surface area contributed by atoms with E-state index >= 15 is 0 Å². The van der Waals surface area contributed by atoms with Crippen LogP contribution >= 0.6 is 0 Å². The average Bonchev–Trinajstić information content (AvgIpc) is 2.73. The molecule has 17 heavy (non-hydrogen) atoms. The van der Waals surface area contributed by atoms with Gasteiger partial charge >= 0.3 is 0 Å². The summed E-state index contributed by atoms with van der Waals surface area (Å²) in [5.41, 5.74) is 2.77. The van der Waals surface area contributed by atoms with Crippen LogP contribution in [0, 0.1) is 5.92 Å². The van der Waals surface area contributed by atoms with Crippen molar-refractivity contribution in [2.75, 3.05) is 13.2 Å². The Kier molecular flexibility index (Phi) is 3.06. The van der Waals surface area contributed by atoms with Gasteiger partial charge in [0, 0.05) is 12.5 Å². The van der Waals surface area contributed by atoms with E-state index in [4.69, 9.17) is 4.74 Å². The Morgan fingerprint density at radius 3 is 3.06 bits per heavy atom. The van der Waals surface area contributed by atoms with Gasteiger partial charge in [-0.15, -0.1) is 0 Å². The summed E-state index contributed by atoms with van der Waals surface area (Å²) in [5.74, 6) is 2.01. The molecule has 0 amide bonds. The quantitative estimate of drug-likeness (QED) is 0.860. The monoisotopic (exact) mass is 231 g/mol. The van der Waals surface area contributed by atoms with Crippen molar-refractivity contribution in [1.82, 2.24) is 5.32 Å². The predicted octanol–water partition coefficient (Wildman–Crippen LogP) is 3.07. The van der Waals surface area contributed by atoms with Crippen LogP contribution in [0.1, 0.15) is 43.4 Å². The molecule has 1 aliphatic carbocycles. The van der Waals surface area contributed by atoms with Crippen LogP contribution in [0.4, 0.5) is 0 Å². The zero-order chi connectivity index (χ0) is 11.7. The SMILES string of the molecule is CC(NCC1CCC1)c1ccc2c(c1)CCO2. The Morgan fingerprint density at radius 1 is 1.41 bits per heavy atom. The molecule has 0 aromatic heterocycles. The second kappa shape index (κ2) is 4.69. The fraction of sp³-hybridized carbons (Fsp3) is 0.600. The third kappa shape index (κ3) is 2.32. The first kappa shape index (κ1) is 11.1. The lowest BCUT2D eigenvalue weighted by atomic mass is 9.85. The minimum atomic E-state index is 0.460. The van der Waals surface area contributed by atoms with Crippen molar-refractivity contribution in [3.8, 4) is 5.75 Å². The van der Waals surface area contributed by atoms with E-state index in [1.54, 1.807) is 0 Å². The maximum atomic E-state index is 5.54. The zero-order valence-electron chi connectivity index (χ0n) is 10.5. The third-order valence-electron chi connectivity index (χ3n) is 4.15. The minimum Gasteiger partial charge on any atom is -0.493 e. The molecule has 1 atom stereocenters. The van der Waals surface area contributed by atoms with Crippen molar-refractivity contribution in [1.29, 1.82) is 0 Å². The summed E-state index contributed by atoms with van der Waals surface area (Å²) >= 11 is 0. The van der Waals surface area contributed by atoms with Crippen LogP contribution in [-0.4, -0.2) is 13.2 Å². The Labute approximate surface area is 103 Å². The fourth-order valence-corrected chi connectivity index (χ4v) is 2.63. The largest absolute Gasteiger partial charge is 0.493 e. The zero-order valence-corrected chi connectivity index (χ0v) is 10.5. The maximum absolute atomic E-state index is 5.54. The summed E-state index contributed by atoms with van der Waals surface area (Å²) in [4.78, 5) is 0. The molecule has 1 fully saturated rings. The van der Waals surface area contributed by atoms with Crippen molar-refractivity contribution in [2.24, 2.45) is 5.92 Å². The number of nitrogens with one attached hydrogen (secondary N) is 1. The number of rotatable bonds is 4.